The number of carbonyl (C=O) groups excluding carboxylic acids is 2. The zero-order chi connectivity index (χ0) is 20.2. The molecule has 0 aliphatic carbocycles. The van der Waals surface area contributed by atoms with Gasteiger partial charge < -0.3 is 0 Å². The lowest BCUT2D eigenvalue weighted by atomic mass is 9.93. The zero-order valence-electron chi connectivity index (χ0n) is 13.9. The van der Waals surface area contributed by atoms with Crippen molar-refractivity contribution in [2.75, 3.05) is 4.90 Å². The van der Waals surface area contributed by atoms with Crippen molar-refractivity contribution in [3.05, 3.63) is 75.8 Å². The van der Waals surface area contributed by atoms with Crippen LogP contribution in [-0.4, -0.2) is 29.7 Å². The maximum Gasteiger partial charge on any atom is 0.294 e. The Balaban J connectivity index is 1.98. The zero-order valence-corrected chi connectivity index (χ0v) is 14.7. The first-order valence-electron chi connectivity index (χ1n) is 7.86. The molecule has 0 fully saturated rings. The molecule has 1 heterocycles. The maximum absolute atomic E-state index is 13.0. The van der Waals surface area contributed by atoms with E-state index >= 15 is 0 Å². The number of nitro benzene ring substituents is 1. The second-order valence-corrected chi connectivity index (χ2v) is 7.49. The summed E-state index contributed by atoms with van der Waals surface area (Å²) in [6, 6.07) is 11.6. The van der Waals surface area contributed by atoms with Crippen LogP contribution in [0.2, 0.25) is 0 Å². The van der Waals surface area contributed by atoms with Crippen LogP contribution in [0.3, 0.4) is 0 Å². The Bertz CT molecular complexity index is 1310. The summed E-state index contributed by atoms with van der Waals surface area (Å²) in [5, 5.41) is 11.9. The molecule has 0 saturated carbocycles. The lowest BCUT2D eigenvalue weighted by Crippen LogP contribution is -2.40. The van der Waals surface area contributed by atoms with E-state index in [9.17, 15) is 32.7 Å². The van der Waals surface area contributed by atoms with Crippen molar-refractivity contribution in [3.8, 4) is 0 Å². The summed E-state index contributed by atoms with van der Waals surface area (Å²) in [5.74, 6) is -1.53. The van der Waals surface area contributed by atoms with Crippen molar-refractivity contribution in [2.45, 2.75) is 4.90 Å². The number of hydrogen-bond acceptors (Lipinski definition) is 6. The van der Waals surface area contributed by atoms with E-state index in [1.807, 2.05) is 0 Å². The van der Waals surface area contributed by atoms with Crippen LogP contribution in [0.15, 0.2) is 59.5 Å². The third-order valence-electron chi connectivity index (χ3n) is 4.41. The molecule has 140 valence electrons. The Kier molecular flexibility index (Phi) is 3.77. The molecule has 28 heavy (non-hydrogen) atoms. The van der Waals surface area contributed by atoms with Crippen LogP contribution >= 0.6 is 0 Å². The molecule has 1 N–H and O–H groups in total. The highest BCUT2D eigenvalue weighted by atomic mass is 32.2. The molecular formula is C18H10N2O7S. The number of non-ortho nitro benzene ring substituents is 1. The predicted molar refractivity (Wildman–Crippen MR) is 98.0 cm³/mol. The Morgan fingerprint density at radius 2 is 1.61 bits per heavy atom. The van der Waals surface area contributed by atoms with Gasteiger partial charge in [-0.25, -0.2) is 4.90 Å². The monoisotopic (exact) mass is 398 g/mol. The SMILES string of the molecule is O=C1c2cccc3cc([N+](=O)[O-])cc(c23)C(=O)N1c1cccc(S(=O)(=O)O)c1. The highest BCUT2D eigenvalue weighted by molar-refractivity contribution is 7.85. The minimum Gasteiger partial charge on any atom is -0.282 e. The van der Waals surface area contributed by atoms with Gasteiger partial charge in [0.15, 0.2) is 0 Å². The van der Waals surface area contributed by atoms with E-state index < -0.39 is 31.8 Å². The summed E-state index contributed by atoms with van der Waals surface area (Å²) in [6.45, 7) is 0. The van der Waals surface area contributed by atoms with Gasteiger partial charge in [-0.1, -0.05) is 18.2 Å². The lowest BCUT2D eigenvalue weighted by molar-refractivity contribution is -0.384. The first kappa shape index (κ1) is 17.8. The number of nitro groups is 1. The minimum atomic E-state index is -4.56. The molecule has 0 saturated heterocycles. The van der Waals surface area contributed by atoms with E-state index in [-0.39, 0.29) is 22.5 Å². The minimum absolute atomic E-state index is 0.0448. The Labute approximate surface area is 157 Å². The number of rotatable bonds is 3. The van der Waals surface area contributed by atoms with E-state index in [0.717, 1.165) is 23.1 Å². The summed E-state index contributed by atoms with van der Waals surface area (Å²) in [6.07, 6.45) is 0. The number of amides is 2. The van der Waals surface area contributed by atoms with Gasteiger partial charge in [0.05, 0.1) is 21.1 Å². The molecular weight excluding hydrogens is 388 g/mol. The average molecular weight is 398 g/mol. The number of nitrogens with zero attached hydrogens (tertiary/aromatic N) is 2. The van der Waals surface area contributed by atoms with Gasteiger partial charge in [-0.05, 0) is 29.7 Å². The van der Waals surface area contributed by atoms with E-state index in [1.54, 1.807) is 6.07 Å². The fourth-order valence-corrected chi connectivity index (χ4v) is 3.74. The van der Waals surface area contributed by atoms with Gasteiger partial charge in [0.1, 0.15) is 0 Å². The van der Waals surface area contributed by atoms with Crippen LogP contribution in [0.1, 0.15) is 20.7 Å². The van der Waals surface area contributed by atoms with Crippen molar-refractivity contribution in [1.82, 2.24) is 0 Å². The molecule has 3 aromatic carbocycles. The van der Waals surface area contributed by atoms with Gasteiger partial charge >= 0.3 is 0 Å². The number of hydrogen-bond donors (Lipinski definition) is 1. The summed E-state index contributed by atoms with van der Waals surface area (Å²) in [5.41, 5.74) is -0.288. The standard InChI is InChI=1S/C18H10N2O7S/c21-17-14-6-1-3-10-7-12(20(23)24)9-15(16(10)14)18(22)19(17)11-4-2-5-13(8-11)28(25,26)27/h1-9H,(H,25,26,27). The van der Waals surface area contributed by atoms with Gasteiger partial charge in [-0.3, -0.25) is 24.3 Å². The van der Waals surface area contributed by atoms with E-state index in [1.165, 1.54) is 30.3 Å². The summed E-state index contributed by atoms with van der Waals surface area (Å²) < 4.78 is 32.0. The molecule has 0 radical (unpaired) electrons. The van der Waals surface area contributed by atoms with Crippen LogP contribution in [-0.2, 0) is 10.1 Å². The third kappa shape index (κ3) is 2.63. The fraction of sp³-hybridized carbons (Fsp3) is 0. The molecule has 0 spiro atoms. The number of anilines is 1. The molecule has 0 aromatic heterocycles. The number of benzene rings is 3. The van der Waals surface area contributed by atoms with Crippen molar-refractivity contribution < 1.29 is 27.5 Å². The smallest absolute Gasteiger partial charge is 0.282 e. The van der Waals surface area contributed by atoms with E-state index in [0.29, 0.717) is 10.8 Å². The number of carbonyl (C=O) groups is 2. The summed E-state index contributed by atoms with van der Waals surface area (Å²) in [4.78, 5) is 36.8. The quantitative estimate of drug-likeness (QED) is 0.310. The van der Waals surface area contributed by atoms with Crippen LogP contribution in [0.25, 0.3) is 10.8 Å². The fourth-order valence-electron chi connectivity index (χ4n) is 3.22. The Morgan fingerprint density at radius 1 is 0.929 bits per heavy atom. The van der Waals surface area contributed by atoms with Crippen molar-refractivity contribution in [2.24, 2.45) is 0 Å². The normalized spacial score (nSPS) is 13.8. The highest BCUT2D eigenvalue weighted by Gasteiger charge is 2.35. The van der Waals surface area contributed by atoms with Crippen molar-refractivity contribution >= 4 is 44.1 Å². The van der Waals surface area contributed by atoms with Crippen LogP contribution in [0, 0.1) is 10.1 Å². The van der Waals surface area contributed by atoms with Gasteiger partial charge in [-0.15, -0.1) is 0 Å². The van der Waals surface area contributed by atoms with Crippen LogP contribution in [0.4, 0.5) is 11.4 Å². The molecule has 10 heteroatoms. The van der Waals surface area contributed by atoms with Gasteiger partial charge in [0.2, 0.25) is 0 Å². The highest BCUT2D eigenvalue weighted by Crippen LogP contribution is 2.35. The van der Waals surface area contributed by atoms with Gasteiger partial charge in [0.25, 0.3) is 27.6 Å². The van der Waals surface area contributed by atoms with E-state index in [4.69, 9.17) is 0 Å². The average Bonchev–Trinajstić information content (AvgIpc) is 2.65. The first-order valence-corrected chi connectivity index (χ1v) is 9.30. The Hall–Kier alpha value is -3.63. The lowest BCUT2D eigenvalue weighted by Gasteiger charge is -2.27. The molecule has 1 aliphatic rings. The maximum atomic E-state index is 13.0. The number of imide groups is 1. The van der Waals surface area contributed by atoms with Crippen molar-refractivity contribution in [3.63, 3.8) is 0 Å². The van der Waals surface area contributed by atoms with Crippen LogP contribution in [0.5, 0.6) is 0 Å². The van der Waals surface area contributed by atoms with Crippen molar-refractivity contribution in [1.29, 1.82) is 0 Å². The molecule has 9 nitrogen and oxygen atoms in total. The van der Waals surface area contributed by atoms with Crippen LogP contribution < -0.4 is 4.90 Å². The summed E-state index contributed by atoms with van der Waals surface area (Å²) in [7, 11) is -4.56. The van der Waals surface area contributed by atoms with Gasteiger partial charge in [-0.2, -0.15) is 8.42 Å². The second-order valence-electron chi connectivity index (χ2n) is 6.07. The molecule has 0 bridgehead atoms. The van der Waals surface area contributed by atoms with E-state index in [2.05, 4.69) is 0 Å². The summed E-state index contributed by atoms with van der Waals surface area (Å²) >= 11 is 0. The van der Waals surface area contributed by atoms with Gasteiger partial charge in [0, 0.05) is 23.1 Å². The molecule has 0 unspecified atom stereocenters. The third-order valence-corrected chi connectivity index (χ3v) is 5.26. The molecule has 1 aliphatic heterocycles. The Morgan fingerprint density at radius 3 is 2.29 bits per heavy atom. The predicted octanol–water partition coefficient (Wildman–Crippen LogP) is 2.80. The topological polar surface area (TPSA) is 135 Å². The molecule has 3 aromatic rings. The second kappa shape index (κ2) is 5.94. The molecule has 2 amide bonds. The molecule has 0 atom stereocenters. The molecule has 4 rings (SSSR count). The first-order chi connectivity index (χ1) is 13.2. The largest absolute Gasteiger partial charge is 0.294 e.